The number of hydrogen-bond acceptors (Lipinski definition) is 2. The second kappa shape index (κ2) is 3.08. The predicted molar refractivity (Wildman–Crippen MR) is 45.6 cm³/mol. The second-order valence-electron chi connectivity index (χ2n) is 4.10. The zero-order chi connectivity index (χ0) is 8.55. The minimum atomic E-state index is 0.00352. The molecule has 68 valence electrons. The third-order valence-electron chi connectivity index (χ3n) is 3.10. The molecule has 2 rings (SSSR count). The summed E-state index contributed by atoms with van der Waals surface area (Å²) >= 11 is 0. The van der Waals surface area contributed by atoms with Crippen molar-refractivity contribution >= 4 is 5.97 Å². The first-order valence-electron chi connectivity index (χ1n) is 4.95. The number of esters is 1. The number of fused-ring (bicyclic) bond motifs is 1. The van der Waals surface area contributed by atoms with Crippen LogP contribution in [0.15, 0.2) is 0 Å². The number of ether oxygens (including phenoxy) is 1. The van der Waals surface area contributed by atoms with E-state index in [0.717, 1.165) is 11.8 Å². The van der Waals surface area contributed by atoms with Crippen molar-refractivity contribution in [3.63, 3.8) is 0 Å². The summed E-state index contributed by atoms with van der Waals surface area (Å²) in [4.78, 5) is 11.1. The van der Waals surface area contributed by atoms with Crippen LogP contribution in [-0.4, -0.2) is 12.6 Å². The van der Waals surface area contributed by atoms with Gasteiger partial charge in [-0.05, 0) is 43.9 Å². The van der Waals surface area contributed by atoms with Crippen LogP contribution >= 0.6 is 0 Å². The highest BCUT2D eigenvalue weighted by Gasteiger charge is 2.46. The Morgan fingerprint density at radius 2 is 2.00 bits per heavy atom. The van der Waals surface area contributed by atoms with Crippen LogP contribution in [0.4, 0.5) is 0 Å². The molecular formula is C10H16O2. The zero-order valence-corrected chi connectivity index (χ0v) is 7.58. The molecule has 0 N–H and O–H groups in total. The summed E-state index contributed by atoms with van der Waals surface area (Å²) in [6, 6.07) is 0. The minimum absolute atomic E-state index is 0.00352. The fourth-order valence-corrected chi connectivity index (χ4v) is 2.46. The van der Waals surface area contributed by atoms with Gasteiger partial charge in [0, 0.05) is 6.42 Å². The minimum Gasteiger partial charge on any atom is -0.466 e. The van der Waals surface area contributed by atoms with Crippen LogP contribution in [0.5, 0.6) is 0 Å². The van der Waals surface area contributed by atoms with Crippen molar-refractivity contribution in [3.8, 4) is 0 Å². The molecule has 0 spiro atoms. The summed E-state index contributed by atoms with van der Waals surface area (Å²) in [5.41, 5.74) is 0. The average molecular weight is 168 g/mol. The van der Waals surface area contributed by atoms with E-state index in [1.54, 1.807) is 0 Å². The molecule has 2 heteroatoms. The molecule has 3 atom stereocenters. The molecule has 2 saturated carbocycles. The van der Waals surface area contributed by atoms with Crippen molar-refractivity contribution in [1.82, 2.24) is 0 Å². The predicted octanol–water partition coefficient (Wildman–Crippen LogP) is 1.99. The number of hydrogen-bond donors (Lipinski definition) is 0. The molecule has 0 aromatic rings. The highest BCUT2D eigenvalue weighted by atomic mass is 16.5. The molecule has 0 aromatic heterocycles. The monoisotopic (exact) mass is 168 g/mol. The molecule has 0 aliphatic heterocycles. The zero-order valence-electron chi connectivity index (χ0n) is 7.58. The van der Waals surface area contributed by atoms with Crippen molar-refractivity contribution in [2.24, 2.45) is 17.8 Å². The summed E-state index contributed by atoms with van der Waals surface area (Å²) in [6.07, 6.45) is 4.66. The molecule has 0 aromatic carbocycles. The first-order chi connectivity index (χ1) is 5.79. The smallest absolute Gasteiger partial charge is 0.306 e. The molecule has 2 fully saturated rings. The van der Waals surface area contributed by atoms with Gasteiger partial charge in [-0.2, -0.15) is 0 Å². The quantitative estimate of drug-likeness (QED) is 0.602. The Morgan fingerprint density at radius 3 is 2.58 bits per heavy atom. The topological polar surface area (TPSA) is 26.3 Å². The average Bonchev–Trinajstić information content (AvgIpc) is 2.60. The maximum atomic E-state index is 11.1. The number of carbonyl (C=O) groups is 1. The molecule has 0 amide bonds. The van der Waals surface area contributed by atoms with E-state index in [-0.39, 0.29) is 5.97 Å². The standard InChI is InChI=1S/C10H16O2/c1-2-12-10(11)5-7-3-8-6-9(8)4-7/h7-9H,2-6H2,1H3/t7?,8-,9+. The lowest BCUT2D eigenvalue weighted by molar-refractivity contribution is -0.144. The van der Waals surface area contributed by atoms with Crippen molar-refractivity contribution in [2.45, 2.75) is 32.6 Å². The maximum Gasteiger partial charge on any atom is 0.306 e. The van der Waals surface area contributed by atoms with E-state index >= 15 is 0 Å². The van der Waals surface area contributed by atoms with E-state index < -0.39 is 0 Å². The number of rotatable bonds is 3. The SMILES string of the molecule is CCOC(=O)CC1C[C@@H]2C[C@@H]2C1. The van der Waals surface area contributed by atoms with Crippen LogP contribution < -0.4 is 0 Å². The van der Waals surface area contributed by atoms with Gasteiger partial charge < -0.3 is 4.74 Å². The molecule has 0 radical (unpaired) electrons. The van der Waals surface area contributed by atoms with Crippen LogP contribution in [0.3, 0.4) is 0 Å². The van der Waals surface area contributed by atoms with Crippen molar-refractivity contribution in [3.05, 3.63) is 0 Å². The van der Waals surface area contributed by atoms with Gasteiger partial charge >= 0.3 is 5.97 Å². The lowest BCUT2D eigenvalue weighted by Gasteiger charge is -2.09. The molecule has 0 heterocycles. The Labute approximate surface area is 73.3 Å². The lowest BCUT2D eigenvalue weighted by atomic mass is 10.00. The van der Waals surface area contributed by atoms with Gasteiger partial charge in [0.25, 0.3) is 0 Å². The van der Waals surface area contributed by atoms with E-state index in [1.807, 2.05) is 6.92 Å². The summed E-state index contributed by atoms with van der Waals surface area (Å²) in [7, 11) is 0. The van der Waals surface area contributed by atoms with Crippen LogP contribution in [0.1, 0.15) is 32.6 Å². The van der Waals surface area contributed by atoms with Gasteiger partial charge in [0.05, 0.1) is 6.61 Å². The van der Waals surface area contributed by atoms with E-state index in [9.17, 15) is 4.79 Å². The van der Waals surface area contributed by atoms with Gasteiger partial charge in [-0.3, -0.25) is 4.79 Å². The van der Waals surface area contributed by atoms with E-state index in [4.69, 9.17) is 4.74 Å². The Morgan fingerprint density at radius 1 is 1.33 bits per heavy atom. The fraction of sp³-hybridized carbons (Fsp3) is 0.900. The Bertz CT molecular complexity index is 178. The van der Waals surface area contributed by atoms with Crippen LogP contribution in [0.2, 0.25) is 0 Å². The Hall–Kier alpha value is -0.530. The molecule has 12 heavy (non-hydrogen) atoms. The van der Waals surface area contributed by atoms with Gasteiger partial charge in [-0.15, -0.1) is 0 Å². The lowest BCUT2D eigenvalue weighted by Crippen LogP contribution is -2.10. The van der Waals surface area contributed by atoms with E-state index in [2.05, 4.69) is 0 Å². The molecule has 0 saturated heterocycles. The van der Waals surface area contributed by atoms with Gasteiger partial charge in [0.15, 0.2) is 0 Å². The normalized spacial score (nSPS) is 37.6. The largest absolute Gasteiger partial charge is 0.466 e. The molecule has 0 bridgehead atoms. The van der Waals surface area contributed by atoms with Gasteiger partial charge in [-0.1, -0.05) is 0 Å². The van der Waals surface area contributed by atoms with Gasteiger partial charge in [0.2, 0.25) is 0 Å². The highest BCUT2D eigenvalue weighted by molar-refractivity contribution is 5.69. The summed E-state index contributed by atoms with van der Waals surface area (Å²) < 4.78 is 4.91. The molecule has 2 aliphatic rings. The Kier molecular flexibility index (Phi) is 2.07. The van der Waals surface area contributed by atoms with Crippen LogP contribution in [-0.2, 0) is 9.53 Å². The van der Waals surface area contributed by atoms with Gasteiger partial charge in [-0.25, -0.2) is 0 Å². The Balaban J connectivity index is 1.69. The first-order valence-corrected chi connectivity index (χ1v) is 4.95. The summed E-state index contributed by atoms with van der Waals surface area (Å²) in [5, 5.41) is 0. The van der Waals surface area contributed by atoms with E-state index in [1.165, 1.54) is 19.3 Å². The van der Waals surface area contributed by atoms with Gasteiger partial charge in [0.1, 0.15) is 0 Å². The van der Waals surface area contributed by atoms with Crippen molar-refractivity contribution in [2.75, 3.05) is 6.61 Å². The maximum absolute atomic E-state index is 11.1. The molecule has 2 nitrogen and oxygen atoms in total. The number of carbonyl (C=O) groups excluding carboxylic acids is 1. The molecule has 1 unspecified atom stereocenters. The molecular weight excluding hydrogens is 152 g/mol. The summed E-state index contributed by atoms with van der Waals surface area (Å²) in [6.45, 7) is 2.39. The van der Waals surface area contributed by atoms with Crippen LogP contribution in [0, 0.1) is 17.8 Å². The highest BCUT2D eigenvalue weighted by Crippen LogP contribution is 2.55. The third kappa shape index (κ3) is 1.62. The van der Waals surface area contributed by atoms with Crippen molar-refractivity contribution in [1.29, 1.82) is 0 Å². The fourth-order valence-electron chi connectivity index (χ4n) is 2.46. The third-order valence-corrected chi connectivity index (χ3v) is 3.10. The van der Waals surface area contributed by atoms with E-state index in [0.29, 0.717) is 18.9 Å². The first kappa shape index (κ1) is 8.09. The van der Waals surface area contributed by atoms with Crippen molar-refractivity contribution < 1.29 is 9.53 Å². The second-order valence-corrected chi connectivity index (χ2v) is 4.10. The summed E-state index contributed by atoms with van der Waals surface area (Å²) in [5.74, 6) is 2.60. The molecule has 2 aliphatic carbocycles. The van der Waals surface area contributed by atoms with Crippen LogP contribution in [0.25, 0.3) is 0 Å².